The minimum Gasteiger partial charge on any atom is -0.156 e. The van der Waals surface area contributed by atoms with Crippen molar-refractivity contribution >= 4 is 13.3 Å². The first kappa shape index (κ1) is 10.8. The largest absolute Gasteiger partial charge is 0.546 e. The molecule has 1 aliphatic rings. The van der Waals surface area contributed by atoms with Crippen LogP contribution in [0.5, 0.6) is 0 Å². The Balaban J connectivity index is 2.11. The number of rotatable bonds is 2. The molecule has 3 heteroatoms. The van der Waals surface area contributed by atoms with Crippen LogP contribution < -0.4 is 5.30 Å². The van der Waals surface area contributed by atoms with Gasteiger partial charge in [0.1, 0.15) is 0 Å². The van der Waals surface area contributed by atoms with E-state index < -0.39 is 8.03 Å². The zero-order valence-corrected chi connectivity index (χ0v) is 9.62. The molecular formula is C12H16O2P+. The molecule has 1 fully saturated rings. The fourth-order valence-electron chi connectivity index (χ4n) is 2.31. The molecule has 1 aromatic rings. The van der Waals surface area contributed by atoms with Gasteiger partial charge in [-0.05, 0) is 41.0 Å². The summed E-state index contributed by atoms with van der Waals surface area (Å²) in [4.78, 5) is 8.93. The molecule has 0 amide bonds. The quantitative estimate of drug-likeness (QED) is 0.782. The molecule has 1 unspecified atom stereocenters. The third-order valence-electron chi connectivity index (χ3n) is 3.19. The van der Waals surface area contributed by atoms with E-state index in [0.717, 1.165) is 0 Å². The summed E-state index contributed by atoms with van der Waals surface area (Å²) in [6.07, 6.45) is 6.54. The summed E-state index contributed by atoms with van der Waals surface area (Å²) in [6, 6.07) is 7.58. The molecule has 2 nitrogen and oxygen atoms in total. The second-order valence-electron chi connectivity index (χ2n) is 4.20. The number of hydrogen-bond acceptors (Lipinski definition) is 1. The summed E-state index contributed by atoms with van der Waals surface area (Å²) in [6.45, 7) is 0. The van der Waals surface area contributed by atoms with Crippen LogP contribution in [-0.4, -0.2) is 4.89 Å². The van der Waals surface area contributed by atoms with Crippen molar-refractivity contribution in [2.45, 2.75) is 38.0 Å². The molecule has 1 N–H and O–H groups in total. The van der Waals surface area contributed by atoms with E-state index in [0.29, 0.717) is 11.2 Å². The first-order chi connectivity index (χ1) is 7.27. The Hall–Kier alpha value is -0.720. The monoisotopic (exact) mass is 223 g/mol. The van der Waals surface area contributed by atoms with Gasteiger partial charge in [0.15, 0.2) is 0 Å². The fourth-order valence-corrected chi connectivity index (χ4v) is 2.71. The molecular weight excluding hydrogens is 207 g/mol. The summed E-state index contributed by atoms with van der Waals surface area (Å²) in [5, 5.41) is 0.532. The van der Waals surface area contributed by atoms with Gasteiger partial charge in [0.2, 0.25) is 5.30 Å². The van der Waals surface area contributed by atoms with Gasteiger partial charge in [-0.15, -0.1) is 0 Å². The zero-order chi connectivity index (χ0) is 10.7. The van der Waals surface area contributed by atoms with E-state index in [-0.39, 0.29) is 0 Å². The highest BCUT2D eigenvalue weighted by Gasteiger charge is 2.18. The van der Waals surface area contributed by atoms with Crippen molar-refractivity contribution in [3.05, 3.63) is 29.8 Å². The van der Waals surface area contributed by atoms with Crippen LogP contribution in [-0.2, 0) is 4.57 Å². The van der Waals surface area contributed by atoms with Crippen LogP contribution >= 0.6 is 8.03 Å². The summed E-state index contributed by atoms with van der Waals surface area (Å²) >= 11 is 0. The summed E-state index contributed by atoms with van der Waals surface area (Å²) in [5.41, 5.74) is 1.33. The molecule has 1 saturated carbocycles. The maximum atomic E-state index is 10.8. The molecule has 1 atom stereocenters. The van der Waals surface area contributed by atoms with Gasteiger partial charge in [0.25, 0.3) is 0 Å². The average Bonchev–Trinajstić information content (AvgIpc) is 2.30. The molecule has 80 valence electrons. The van der Waals surface area contributed by atoms with Gasteiger partial charge in [0.05, 0.1) is 0 Å². The van der Waals surface area contributed by atoms with Crippen LogP contribution in [0, 0.1) is 0 Å². The first-order valence-corrected chi connectivity index (χ1v) is 6.75. The van der Waals surface area contributed by atoms with E-state index >= 15 is 0 Å². The van der Waals surface area contributed by atoms with Crippen LogP contribution in [0.2, 0.25) is 0 Å². The second kappa shape index (κ2) is 4.87. The Morgan fingerprint density at radius 3 is 2.20 bits per heavy atom. The lowest BCUT2D eigenvalue weighted by Gasteiger charge is -2.21. The molecule has 0 aromatic heterocycles. The second-order valence-corrected chi connectivity index (χ2v) is 5.26. The van der Waals surface area contributed by atoms with E-state index in [4.69, 9.17) is 4.89 Å². The molecule has 0 saturated heterocycles. The van der Waals surface area contributed by atoms with Crippen molar-refractivity contribution in [3.63, 3.8) is 0 Å². The van der Waals surface area contributed by atoms with E-state index in [1.54, 1.807) is 12.1 Å². The molecule has 15 heavy (non-hydrogen) atoms. The van der Waals surface area contributed by atoms with Gasteiger partial charge < -0.3 is 0 Å². The van der Waals surface area contributed by atoms with Crippen LogP contribution in [0.25, 0.3) is 0 Å². The Morgan fingerprint density at radius 2 is 1.67 bits per heavy atom. The molecule has 1 aliphatic carbocycles. The lowest BCUT2D eigenvalue weighted by molar-refractivity contribution is 0.443. The third kappa shape index (κ3) is 2.64. The molecule has 0 spiro atoms. The first-order valence-electron chi connectivity index (χ1n) is 5.53. The van der Waals surface area contributed by atoms with Gasteiger partial charge in [-0.25, -0.2) is 0 Å². The molecule has 0 radical (unpaired) electrons. The van der Waals surface area contributed by atoms with Crippen LogP contribution in [0.4, 0.5) is 0 Å². The minimum atomic E-state index is -2.18. The smallest absolute Gasteiger partial charge is 0.156 e. The predicted octanol–water partition coefficient (Wildman–Crippen LogP) is 3.09. The Kier molecular flexibility index (Phi) is 3.50. The van der Waals surface area contributed by atoms with E-state index in [9.17, 15) is 4.57 Å². The Morgan fingerprint density at radius 1 is 1.07 bits per heavy atom. The normalized spacial score (nSPS) is 18.9. The van der Waals surface area contributed by atoms with Crippen LogP contribution in [0.3, 0.4) is 0 Å². The lowest BCUT2D eigenvalue weighted by atomic mass is 9.84. The minimum absolute atomic E-state index is 0.532. The fraction of sp³-hybridized carbons (Fsp3) is 0.500. The molecule has 2 rings (SSSR count). The third-order valence-corrected chi connectivity index (χ3v) is 3.93. The standard InChI is InChI=1S/C12H15O2P/c13-15(14)12-8-6-11(7-9-12)10-4-2-1-3-5-10/h6-10H,1-5H2/p+1. The van der Waals surface area contributed by atoms with Crippen molar-refractivity contribution in [1.29, 1.82) is 0 Å². The van der Waals surface area contributed by atoms with Crippen molar-refractivity contribution in [2.24, 2.45) is 0 Å². The van der Waals surface area contributed by atoms with E-state index in [2.05, 4.69) is 0 Å². The average molecular weight is 223 g/mol. The molecule has 0 aliphatic heterocycles. The Labute approximate surface area is 91.2 Å². The van der Waals surface area contributed by atoms with Gasteiger partial charge in [-0.1, -0.05) is 31.4 Å². The zero-order valence-electron chi connectivity index (χ0n) is 8.72. The predicted molar refractivity (Wildman–Crippen MR) is 61.7 cm³/mol. The highest BCUT2D eigenvalue weighted by Crippen LogP contribution is 2.32. The van der Waals surface area contributed by atoms with Crippen molar-refractivity contribution in [1.82, 2.24) is 0 Å². The van der Waals surface area contributed by atoms with Crippen LogP contribution in [0.1, 0.15) is 43.6 Å². The van der Waals surface area contributed by atoms with Crippen molar-refractivity contribution < 1.29 is 9.46 Å². The SMILES string of the molecule is O=[P+](O)c1ccc(C2CCCCC2)cc1. The highest BCUT2D eigenvalue weighted by atomic mass is 31.1. The van der Waals surface area contributed by atoms with Gasteiger partial charge in [-0.2, -0.15) is 4.89 Å². The molecule has 1 aromatic carbocycles. The number of hydrogen-bond donors (Lipinski definition) is 1. The summed E-state index contributed by atoms with van der Waals surface area (Å²) in [5.74, 6) is 0.671. The van der Waals surface area contributed by atoms with Gasteiger partial charge >= 0.3 is 8.03 Å². The van der Waals surface area contributed by atoms with Crippen LogP contribution in [0.15, 0.2) is 24.3 Å². The van der Waals surface area contributed by atoms with E-state index in [1.807, 2.05) is 12.1 Å². The Bertz CT molecular complexity index is 339. The van der Waals surface area contributed by atoms with E-state index in [1.165, 1.54) is 37.7 Å². The highest BCUT2D eigenvalue weighted by molar-refractivity contribution is 7.47. The van der Waals surface area contributed by atoms with Crippen molar-refractivity contribution in [2.75, 3.05) is 0 Å². The maximum absolute atomic E-state index is 10.8. The summed E-state index contributed by atoms with van der Waals surface area (Å²) in [7, 11) is -2.18. The van der Waals surface area contributed by atoms with Gasteiger partial charge in [-0.3, -0.25) is 0 Å². The number of benzene rings is 1. The lowest BCUT2D eigenvalue weighted by Crippen LogP contribution is -2.05. The molecule has 0 bridgehead atoms. The van der Waals surface area contributed by atoms with Crippen molar-refractivity contribution in [3.8, 4) is 0 Å². The van der Waals surface area contributed by atoms with Gasteiger partial charge in [0, 0.05) is 0 Å². The summed E-state index contributed by atoms with van der Waals surface area (Å²) < 4.78 is 10.8. The maximum Gasteiger partial charge on any atom is 0.546 e. The topological polar surface area (TPSA) is 37.3 Å². The molecule has 0 heterocycles.